The second kappa shape index (κ2) is 5.34. The molecule has 0 aliphatic heterocycles. The van der Waals surface area contributed by atoms with Crippen molar-refractivity contribution in [2.45, 2.75) is 32.7 Å². The predicted octanol–water partition coefficient (Wildman–Crippen LogP) is 1.96. The SMILES string of the molecule is CCC(CC)Nc1ncc(C(=O)O)cc1N. The molecule has 5 nitrogen and oxygen atoms in total. The fourth-order valence-electron chi connectivity index (χ4n) is 1.41. The van der Waals surface area contributed by atoms with Gasteiger partial charge in [-0.25, -0.2) is 9.78 Å². The number of carboxylic acids is 1. The Morgan fingerprint density at radius 3 is 2.62 bits per heavy atom. The van der Waals surface area contributed by atoms with E-state index in [4.69, 9.17) is 10.8 Å². The lowest BCUT2D eigenvalue weighted by Crippen LogP contribution is -2.19. The zero-order valence-corrected chi connectivity index (χ0v) is 9.53. The summed E-state index contributed by atoms with van der Waals surface area (Å²) >= 11 is 0. The molecule has 0 saturated carbocycles. The first-order valence-electron chi connectivity index (χ1n) is 5.33. The van der Waals surface area contributed by atoms with Gasteiger partial charge in [-0.15, -0.1) is 0 Å². The summed E-state index contributed by atoms with van der Waals surface area (Å²) in [6, 6.07) is 1.73. The van der Waals surface area contributed by atoms with E-state index in [1.807, 2.05) is 0 Å². The second-order valence-corrected chi connectivity index (χ2v) is 3.62. The maximum absolute atomic E-state index is 10.7. The fourth-order valence-corrected chi connectivity index (χ4v) is 1.41. The number of aromatic carboxylic acids is 1. The fraction of sp³-hybridized carbons (Fsp3) is 0.455. The van der Waals surface area contributed by atoms with Gasteiger partial charge < -0.3 is 16.2 Å². The zero-order valence-electron chi connectivity index (χ0n) is 9.53. The van der Waals surface area contributed by atoms with Gasteiger partial charge in [0.15, 0.2) is 0 Å². The van der Waals surface area contributed by atoms with Crippen LogP contribution in [0.1, 0.15) is 37.0 Å². The zero-order chi connectivity index (χ0) is 12.1. The number of rotatable bonds is 5. The van der Waals surface area contributed by atoms with Crippen LogP contribution in [-0.2, 0) is 0 Å². The number of anilines is 2. The molecule has 4 N–H and O–H groups in total. The van der Waals surface area contributed by atoms with Crippen molar-refractivity contribution in [3.63, 3.8) is 0 Å². The van der Waals surface area contributed by atoms with Crippen molar-refractivity contribution in [1.82, 2.24) is 4.98 Å². The Kier molecular flexibility index (Phi) is 4.10. The van der Waals surface area contributed by atoms with Gasteiger partial charge in [0.2, 0.25) is 0 Å². The molecule has 0 aromatic carbocycles. The molecule has 0 radical (unpaired) electrons. The van der Waals surface area contributed by atoms with Gasteiger partial charge >= 0.3 is 5.97 Å². The van der Waals surface area contributed by atoms with Crippen LogP contribution in [0.25, 0.3) is 0 Å². The minimum Gasteiger partial charge on any atom is -0.478 e. The van der Waals surface area contributed by atoms with Gasteiger partial charge in [0.05, 0.1) is 11.3 Å². The molecule has 0 spiro atoms. The van der Waals surface area contributed by atoms with Crippen LogP contribution in [0.4, 0.5) is 11.5 Å². The molecule has 1 heterocycles. The van der Waals surface area contributed by atoms with Crippen LogP contribution in [0, 0.1) is 0 Å². The molecule has 0 atom stereocenters. The number of nitrogens with one attached hydrogen (secondary N) is 1. The minimum atomic E-state index is -1.02. The van der Waals surface area contributed by atoms with Crippen LogP contribution in [0.3, 0.4) is 0 Å². The highest BCUT2D eigenvalue weighted by Gasteiger charge is 2.10. The molecule has 0 fully saturated rings. The van der Waals surface area contributed by atoms with Crippen LogP contribution in [-0.4, -0.2) is 22.1 Å². The van der Waals surface area contributed by atoms with Crippen LogP contribution in [0.15, 0.2) is 12.3 Å². The normalized spacial score (nSPS) is 10.4. The maximum Gasteiger partial charge on any atom is 0.337 e. The molecule has 88 valence electrons. The van der Waals surface area contributed by atoms with Crippen molar-refractivity contribution in [1.29, 1.82) is 0 Å². The van der Waals surface area contributed by atoms with E-state index in [0.29, 0.717) is 17.5 Å². The third-order valence-electron chi connectivity index (χ3n) is 2.49. The lowest BCUT2D eigenvalue weighted by atomic mass is 10.1. The largest absolute Gasteiger partial charge is 0.478 e. The Balaban J connectivity index is 2.86. The summed E-state index contributed by atoms with van der Waals surface area (Å²) in [5.74, 6) is -0.466. The van der Waals surface area contributed by atoms with Gasteiger partial charge in [-0.1, -0.05) is 13.8 Å². The lowest BCUT2D eigenvalue weighted by Gasteiger charge is -2.16. The number of aromatic nitrogens is 1. The van der Waals surface area contributed by atoms with E-state index < -0.39 is 5.97 Å². The van der Waals surface area contributed by atoms with Crippen molar-refractivity contribution < 1.29 is 9.90 Å². The van der Waals surface area contributed by atoms with E-state index in [-0.39, 0.29) is 5.56 Å². The summed E-state index contributed by atoms with van der Waals surface area (Å²) in [5.41, 5.74) is 6.20. The molecular formula is C11H17N3O2. The lowest BCUT2D eigenvalue weighted by molar-refractivity contribution is 0.0696. The van der Waals surface area contributed by atoms with Gasteiger partial charge in [-0.3, -0.25) is 0 Å². The highest BCUT2D eigenvalue weighted by atomic mass is 16.4. The molecule has 0 aliphatic rings. The average Bonchev–Trinajstić information content (AvgIpc) is 2.27. The molecule has 1 aromatic heterocycles. The number of carboxylic acid groups (broad SMARTS) is 1. The van der Waals surface area contributed by atoms with E-state index in [9.17, 15) is 4.79 Å². The predicted molar refractivity (Wildman–Crippen MR) is 63.6 cm³/mol. The van der Waals surface area contributed by atoms with Gasteiger partial charge in [0.1, 0.15) is 5.82 Å². The molecule has 0 bridgehead atoms. The average molecular weight is 223 g/mol. The van der Waals surface area contributed by atoms with Crippen molar-refractivity contribution in [3.05, 3.63) is 17.8 Å². The highest BCUT2D eigenvalue weighted by Crippen LogP contribution is 2.18. The van der Waals surface area contributed by atoms with E-state index in [1.165, 1.54) is 12.3 Å². The summed E-state index contributed by atoms with van der Waals surface area (Å²) in [6.07, 6.45) is 3.25. The van der Waals surface area contributed by atoms with Gasteiger partial charge in [-0.05, 0) is 18.9 Å². The quantitative estimate of drug-likeness (QED) is 0.710. The first-order chi connectivity index (χ1) is 7.58. The smallest absolute Gasteiger partial charge is 0.337 e. The number of hydrogen-bond donors (Lipinski definition) is 3. The third-order valence-corrected chi connectivity index (χ3v) is 2.49. The molecular weight excluding hydrogens is 206 g/mol. The van der Waals surface area contributed by atoms with E-state index in [0.717, 1.165) is 12.8 Å². The first-order valence-corrected chi connectivity index (χ1v) is 5.33. The second-order valence-electron chi connectivity index (χ2n) is 3.62. The number of nitrogen functional groups attached to an aromatic ring is 1. The number of nitrogens with two attached hydrogens (primary N) is 1. The number of carbonyl (C=O) groups is 1. The Bertz CT molecular complexity index is 375. The minimum absolute atomic E-state index is 0.104. The topological polar surface area (TPSA) is 88.2 Å². The van der Waals surface area contributed by atoms with Gasteiger partial charge in [0.25, 0.3) is 0 Å². The molecule has 1 rings (SSSR count). The number of pyridine rings is 1. The van der Waals surface area contributed by atoms with Crippen LogP contribution < -0.4 is 11.1 Å². The Morgan fingerprint density at radius 2 is 2.19 bits per heavy atom. The summed E-state index contributed by atoms with van der Waals surface area (Å²) in [7, 11) is 0. The summed E-state index contributed by atoms with van der Waals surface area (Å²) < 4.78 is 0. The standard InChI is InChI=1S/C11H17N3O2/c1-3-8(4-2)14-10-9(12)5-7(6-13-10)11(15)16/h5-6,8H,3-4,12H2,1-2H3,(H,13,14)(H,15,16). The van der Waals surface area contributed by atoms with E-state index in [1.54, 1.807) is 0 Å². The van der Waals surface area contributed by atoms with E-state index in [2.05, 4.69) is 24.1 Å². The third kappa shape index (κ3) is 2.85. The molecule has 0 aliphatic carbocycles. The number of nitrogens with zero attached hydrogens (tertiary/aromatic N) is 1. The molecule has 0 unspecified atom stereocenters. The summed E-state index contributed by atoms with van der Waals surface area (Å²) in [5, 5.41) is 11.9. The highest BCUT2D eigenvalue weighted by molar-refractivity contribution is 5.89. The van der Waals surface area contributed by atoms with Gasteiger partial charge in [-0.2, -0.15) is 0 Å². The van der Waals surface area contributed by atoms with Crippen LogP contribution in [0.5, 0.6) is 0 Å². The van der Waals surface area contributed by atoms with Crippen LogP contribution >= 0.6 is 0 Å². The molecule has 1 aromatic rings. The van der Waals surface area contributed by atoms with Crippen molar-refractivity contribution in [3.8, 4) is 0 Å². The Morgan fingerprint density at radius 1 is 1.56 bits per heavy atom. The first kappa shape index (κ1) is 12.3. The number of hydrogen-bond acceptors (Lipinski definition) is 4. The molecule has 0 saturated heterocycles. The maximum atomic E-state index is 10.7. The monoisotopic (exact) mass is 223 g/mol. The van der Waals surface area contributed by atoms with Crippen molar-refractivity contribution >= 4 is 17.5 Å². The molecule has 16 heavy (non-hydrogen) atoms. The van der Waals surface area contributed by atoms with Gasteiger partial charge in [0, 0.05) is 12.2 Å². The van der Waals surface area contributed by atoms with Crippen molar-refractivity contribution in [2.75, 3.05) is 11.1 Å². The molecule has 0 amide bonds. The Labute approximate surface area is 94.7 Å². The molecule has 5 heteroatoms. The van der Waals surface area contributed by atoms with Crippen LogP contribution in [0.2, 0.25) is 0 Å². The Hall–Kier alpha value is -1.78. The van der Waals surface area contributed by atoms with Crippen molar-refractivity contribution in [2.24, 2.45) is 0 Å². The summed E-state index contributed by atoms with van der Waals surface area (Å²) in [4.78, 5) is 14.7. The van der Waals surface area contributed by atoms with E-state index >= 15 is 0 Å². The summed E-state index contributed by atoms with van der Waals surface area (Å²) in [6.45, 7) is 4.14.